The molecule has 1 heterocycles. The van der Waals surface area contributed by atoms with E-state index in [1.807, 2.05) is 11.8 Å². The van der Waals surface area contributed by atoms with Gasteiger partial charge in [-0.3, -0.25) is 0 Å². The van der Waals surface area contributed by atoms with Gasteiger partial charge in [0.05, 0.1) is 11.0 Å². The summed E-state index contributed by atoms with van der Waals surface area (Å²) < 4.78 is 16.5. The molecule has 1 fully saturated rings. The molecule has 3 rings (SSSR count). The first kappa shape index (κ1) is 13.2. The molecule has 0 amide bonds. The summed E-state index contributed by atoms with van der Waals surface area (Å²) >= 11 is 7.33. The number of hydrogen-bond acceptors (Lipinski definition) is 2. The van der Waals surface area contributed by atoms with Crippen LogP contribution in [-0.2, 0) is 6.54 Å². The van der Waals surface area contributed by atoms with Gasteiger partial charge in [-0.2, -0.15) is 11.8 Å². The van der Waals surface area contributed by atoms with Crippen molar-refractivity contribution >= 4 is 35.0 Å². The summed E-state index contributed by atoms with van der Waals surface area (Å²) in [6.45, 7) is 0.871. The second-order valence-electron chi connectivity index (χ2n) is 5.27. The van der Waals surface area contributed by atoms with Crippen molar-refractivity contribution in [2.24, 2.45) is 0 Å². The summed E-state index contributed by atoms with van der Waals surface area (Å²) in [5, 5.41) is 0. The van der Waals surface area contributed by atoms with Crippen LogP contribution in [-0.4, -0.2) is 20.6 Å². The molecule has 102 valence electrons. The molecule has 1 saturated carbocycles. The molecule has 1 aromatic heterocycles. The standard InChI is InChI=1S/C14H17FN2S2/c1-19-14(6-2-3-7-14)9-17-12-8-10(15)4-5-11(12)16-13(17)18/h4-5,8H,2-3,6-7,9H2,1H3,(H,16,18). The van der Waals surface area contributed by atoms with Gasteiger partial charge in [0.2, 0.25) is 0 Å². The Kier molecular flexibility index (Phi) is 3.43. The maximum Gasteiger partial charge on any atom is 0.178 e. The lowest BCUT2D eigenvalue weighted by atomic mass is 10.1. The number of aromatic amines is 1. The largest absolute Gasteiger partial charge is 0.331 e. The number of nitrogens with zero attached hydrogens (tertiary/aromatic N) is 1. The van der Waals surface area contributed by atoms with E-state index in [2.05, 4.69) is 15.8 Å². The van der Waals surface area contributed by atoms with Crippen LogP contribution in [0.2, 0.25) is 0 Å². The van der Waals surface area contributed by atoms with E-state index in [4.69, 9.17) is 12.2 Å². The zero-order valence-corrected chi connectivity index (χ0v) is 12.5. The van der Waals surface area contributed by atoms with Crippen LogP contribution >= 0.6 is 24.0 Å². The zero-order chi connectivity index (χ0) is 13.5. The Bertz CT molecular complexity index is 653. The van der Waals surface area contributed by atoms with Gasteiger partial charge in [0.1, 0.15) is 5.82 Å². The van der Waals surface area contributed by atoms with E-state index in [-0.39, 0.29) is 10.6 Å². The van der Waals surface area contributed by atoms with Crippen LogP contribution in [0.3, 0.4) is 0 Å². The van der Waals surface area contributed by atoms with E-state index < -0.39 is 0 Å². The lowest BCUT2D eigenvalue weighted by molar-refractivity contribution is 0.509. The first-order chi connectivity index (χ1) is 9.13. The molecule has 0 atom stereocenters. The minimum absolute atomic E-state index is 0.208. The van der Waals surface area contributed by atoms with Gasteiger partial charge < -0.3 is 9.55 Å². The molecule has 2 aromatic rings. The topological polar surface area (TPSA) is 20.7 Å². The Labute approximate surface area is 121 Å². The van der Waals surface area contributed by atoms with Gasteiger partial charge in [-0.1, -0.05) is 12.8 Å². The van der Waals surface area contributed by atoms with Gasteiger partial charge in [0.25, 0.3) is 0 Å². The summed E-state index contributed by atoms with van der Waals surface area (Å²) in [7, 11) is 0. The van der Waals surface area contributed by atoms with Crippen LogP contribution < -0.4 is 0 Å². The highest BCUT2D eigenvalue weighted by molar-refractivity contribution is 8.00. The van der Waals surface area contributed by atoms with Crippen molar-refractivity contribution in [2.45, 2.75) is 37.0 Å². The summed E-state index contributed by atoms with van der Waals surface area (Å²) in [5.74, 6) is -0.208. The fraction of sp³-hybridized carbons (Fsp3) is 0.500. The number of rotatable bonds is 3. The highest BCUT2D eigenvalue weighted by atomic mass is 32.2. The van der Waals surface area contributed by atoms with E-state index in [0.717, 1.165) is 17.6 Å². The highest BCUT2D eigenvalue weighted by Gasteiger charge is 2.33. The van der Waals surface area contributed by atoms with Crippen LogP contribution in [0.25, 0.3) is 11.0 Å². The van der Waals surface area contributed by atoms with Crippen LogP contribution in [0, 0.1) is 10.6 Å². The average molecular weight is 296 g/mol. The lowest BCUT2D eigenvalue weighted by Crippen LogP contribution is -2.26. The zero-order valence-electron chi connectivity index (χ0n) is 10.9. The monoisotopic (exact) mass is 296 g/mol. The predicted octanol–water partition coefficient (Wildman–Crippen LogP) is 4.51. The van der Waals surface area contributed by atoms with Crippen molar-refractivity contribution < 1.29 is 4.39 Å². The van der Waals surface area contributed by atoms with Crippen LogP contribution in [0.15, 0.2) is 18.2 Å². The van der Waals surface area contributed by atoms with E-state index in [9.17, 15) is 4.39 Å². The Morgan fingerprint density at radius 1 is 1.42 bits per heavy atom. The van der Waals surface area contributed by atoms with Crippen molar-refractivity contribution in [1.82, 2.24) is 9.55 Å². The Morgan fingerprint density at radius 2 is 2.16 bits per heavy atom. The molecular formula is C14H17FN2S2. The molecule has 0 aliphatic heterocycles. The first-order valence-corrected chi connectivity index (χ1v) is 8.20. The number of benzene rings is 1. The molecule has 1 aliphatic rings. The van der Waals surface area contributed by atoms with E-state index in [0.29, 0.717) is 4.77 Å². The van der Waals surface area contributed by atoms with Gasteiger partial charge in [0.15, 0.2) is 4.77 Å². The van der Waals surface area contributed by atoms with E-state index in [1.54, 1.807) is 12.1 Å². The second kappa shape index (κ2) is 4.94. The van der Waals surface area contributed by atoms with Crippen LogP contribution in [0.4, 0.5) is 4.39 Å². The van der Waals surface area contributed by atoms with Crippen molar-refractivity contribution in [1.29, 1.82) is 0 Å². The Hall–Kier alpha value is -0.810. The van der Waals surface area contributed by atoms with Crippen molar-refractivity contribution in [3.8, 4) is 0 Å². The van der Waals surface area contributed by atoms with Crippen molar-refractivity contribution in [2.75, 3.05) is 6.26 Å². The molecule has 0 bridgehead atoms. The number of halogens is 1. The summed E-state index contributed by atoms with van der Waals surface area (Å²) in [6.07, 6.45) is 7.18. The molecule has 0 saturated heterocycles. The van der Waals surface area contributed by atoms with Crippen LogP contribution in [0.1, 0.15) is 25.7 Å². The number of hydrogen-bond donors (Lipinski definition) is 1. The normalized spacial score (nSPS) is 18.2. The maximum absolute atomic E-state index is 13.5. The van der Waals surface area contributed by atoms with E-state index in [1.165, 1.54) is 31.7 Å². The summed E-state index contributed by atoms with van der Waals surface area (Å²) in [4.78, 5) is 3.17. The molecule has 19 heavy (non-hydrogen) atoms. The van der Waals surface area contributed by atoms with Gasteiger partial charge in [0, 0.05) is 11.3 Å². The fourth-order valence-electron chi connectivity index (χ4n) is 3.02. The number of imidazole rings is 1. The molecule has 2 nitrogen and oxygen atoms in total. The molecule has 1 N–H and O–H groups in total. The molecule has 0 unspecified atom stereocenters. The molecule has 5 heteroatoms. The third kappa shape index (κ3) is 2.34. The minimum Gasteiger partial charge on any atom is -0.331 e. The number of aromatic nitrogens is 2. The molecular weight excluding hydrogens is 279 g/mol. The van der Waals surface area contributed by atoms with Crippen molar-refractivity contribution in [3.05, 3.63) is 28.8 Å². The number of H-pyrrole nitrogens is 1. The molecule has 0 spiro atoms. The smallest absolute Gasteiger partial charge is 0.178 e. The predicted molar refractivity (Wildman–Crippen MR) is 81.8 cm³/mol. The third-order valence-electron chi connectivity index (χ3n) is 4.13. The summed E-state index contributed by atoms with van der Waals surface area (Å²) in [6, 6.07) is 4.81. The minimum atomic E-state index is -0.208. The Morgan fingerprint density at radius 3 is 2.84 bits per heavy atom. The van der Waals surface area contributed by atoms with Crippen molar-refractivity contribution in [3.63, 3.8) is 0 Å². The van der Waals surface area contributed by atoms with E-state index >= 15 is 0 Å². The summed E-state index contributed by atoms with van der Waals surface area (Å²) in [5.41, 5.74) is 1.80. The van der Waals surface area contributed by atoms with Gasteiger partial charge >= 0.3 is 0 Å². The van der Waals surface area contributed by atoms with Gasteiger partial charge in [-0.05, 0) is 49.5 Å². The molecule has 1 aliphatic carbocycles. The third-order valence-corrected chi connectivity index (χ3v) is 5.86. The van der Waals surface area contributed by atoms with Gasteiger partial charge in [-0.15, -0.1) is 0 Å². The molecule has 0 radical (unpaired) electrons. The first-order valence-electron chi connectivity index (χ1n) is 6.57. The Balaban J connectivity index is 2.07. The number of nitrogens with one attached hydrogen (secondary N) is 1. The second-order valence-corrected chi connectivity index (χ2v) is 6.93. The SMILES string of the molecule is CSC1(Cn2c(=S)[nH]c3ccc(F)cc32)CCCC1. The highest BCUT2D eigenvalue weighted by Crippen LogP contribution is 2.42. The lowest BCUT2D eigenvalue weighted by Gasteiger charge is -2.27. The van der Waals surface area contributed by atoms with Gasteiger partial charge in [-0.25, -0.2) is 4.39 Å². The fourth-order valence-corrected chi connectivity index (χ4v) is 4.25. The maximum atomic E-state index is 13.5. The average Bonchev–Trinajstić information content (AvgIpc) is 2.98. The van der Waals surface area contributed by atoms with Crippen LogP contribution in [0.5, 0.6) is 0 Å². The number of thioether (sulfide) groups is 1. The quantitative estimate of drug-likeness (QED) is 0.841. The molecule has 1 aromatic carbocycles. The number of fused-ring (bicyclic) bond motifs is 1.